The highest BCUT2D eigenvalue weighted by Crippen LogP contribution is 2.33. The average molecular weight is 415 g/mol. The molecule has 1 heterocycles. The van der Waals surface area contributed by atoms with Crippen molar-refractivity contribution < 1.29 is 13.9 Å². The van der Waals surface area contributed by atoms with Crippen LogP contribution in [0.2, 0.25) is 10.0 Å². The molecular weight excluding hydrogens is 399 g/mol. The van der Waals surface area contributed by atoms with E-state index in [1.807, 2.05) is 31.2 Å². The Balaban J connectivity index is 1.79. The fourth-order valence-corrected chi connectivity index (χ4v) is 3.70. The molecule has 4 rings (SSSR count). The summed E-state index contributed by atoms with van der Waals surface area (Å²) in [5, 5.41) is 3.19. The third-order valence-corrected chi connectivity index (χ3v) is 5.43. The summed E-state index contributed by atoms with van der Waals surface area (Å²) in [6.45, 7) is 2.06. The number of ether oxygens (including phenoxy) is 2. The second-order valence-corrected chi connectivity index (χ2v) is 7.17. The zero-order valence-corrected chi connectivity index (χ0v) is 16.7. The van der Waals surface area contributed by atoms with E-state index < -0.39 is 5.63 Å². The first-order chi connectivity index (χ1) is 13.5. The van der Waals surface area contributed by atoms with E-state index in [1.54, 1.807) is 31.4 Å². The second-order valence-electron chi connectivity index (χ2n) is 6.36. The summed E-state index contributed by atoms with van der Waals surface area (Å²) in [6, 6.07) is 14.4. The van der Waals surface area contributed by atoms with E-state index in [1.165, 1.54) is 0 Å². The lowest BCUT2D eigenvalue weighted by Crippen LogP contribution is -2.03. The van der Waals surface area contributed by atoms with Gasteiger partial charge >= 0.3 is 5.63 Å². The van der Waals surface area contributed by atoms with Crippen LogP contribution in [0.15, 0.2) is 57.7 Å². The van der Waals surface area contributed by atoms with Crippen LogP contribution in [-0.2, 0) is 6.61 Å². The fourth-order valence-electron chi connectivity index (χ4n) is 3.20. The molecule has 0 aliphatic carbocycles. The Hall–Kier alpha value is -2.69. The number of fused-ring (bicyclic) bond motifs is 3. The molecule has 0 atom stereocenters. The molecule has 1 aromatic heterocycles. The first-order valence-electron chi connectivity index (χ1n) is 8.59. The molecule has 4 aromatic rings. The van der Waals surface area contributed by atoms with Crippen LogP contribution in [0, 0.1) is 6.92 Å². The highest BCUT2D eigenvalue weighted by molar-refractivity contribution is 6.35. The van der Waals surface area contributed by atoms with Gasteiger partial charge in [0.2, 0.25) is 0 Å². The molecule has 4 nitrogen and oxygen atoms in total. The molecule has 28 heavy (non-hydrogen) atoms. The van der Waals surface area contributed by atoms with Gasteiger partial charge in [0, 0.05) is 31.9 Å². The topological polar surface area (TPSA) is 48.7 Å². The summed E-state index contributed by atoms with van der Waals surface area (Å²) in [5.74, 6) is 1.20. The van der Waals surface area contributed by atoms with Crippen molar-refractivity contribution in [2.75, 3.05) is 7.11 Å². The van der Waals surface area contributed by atoms with Gasteiger partial charge in [0.1, 0.15) is 23.7 Å². The molecule has 0 spiro atoms. The monoisotopic (exact) mass is 414 g/mol. The molecule has 0 aliphatic heterocycles. The molecule has 6 heteroatoms. The second kappa shape index (κ2) is 7.38. The van der Waals surface area contributed by atoms with Crippen molar-refractivity contribution in [1.29, 1.82) is 0 Å². The number of hydrogen-bond acceptors (Lipinski definition) is 4. The standard InChI is InChI=1S/C22H16Cl2O4/c1-12-20(27-11-17-18(23)4-3-5-19(17)24)9-8-15-14-7-6-13(26-2)10-16(14)22(25)28-21(12)15/h3-10H,11H2,1-2H3. The first-order valence-corrected chi connectivity index (χ1v) is 9.35. The minimum Gasteiger partial charge on any atom is -0.497 e. The summed E-state index contributed by atoms with van der Waals surface area (Å²) in [5.41, 5.74) is 1.51. The van der Waals surface area contributed by atoms with Gasteiger partial charge in [-0.15, -0.1) is 0 Å². The van der Waals surface area contributed by atoms with Gasteiger partial charge in [0.25, 0.3) is 0 Å². The maximum absolute atomic E-state index is 12.5. The smallest absolute Gasteiger partial charge is 0.344 e. The number of rotatable bonds is 4. The molecule has 0 saturated heterocycles. The maximum Gasteiger partial charge on any atom is 0.344 e. The third-order valence-electron chi connectivity index (χ3n) is 4.72. The Labute approximate surface area is 171 Å². The van der Waals surface area contributed by atoms with Gasteiger partial charge in [-0.1, -0.05) is 29.3 Å². The Kier molecular flexibility index (Phi) is 4.92. The van der Waals surface area contributed by atoms with Gasteiger partial charge < -0.3 is 13.9 Å². The molecule has 3 aromatic carbocycles. The normalized spacial score (nSPS) is 11.1. The van der Waals surface area contributed by atoms with E-state index in [9.17, 15) is 4.79 Å². The van der Waals surface area contributed by atoms with E-state index in [2.05, 4.69) is 0 Å². The molecule has 0 unspecified atom stereocenters. The van der Waals surface area contributed by atoms with Crippen molar-refractivity contribution >= 4 is 44.9 Å². The summed E-state index contributed by atoms with van der Waals surface area (Å²) < 4.78 is 16.7. The van der Waals surface area contributed by atoms with Gasteiger partial charge in [-0.3, -0.25) is 0 Å². The van der Waals surface area contributed by atoms with E-state index in [4.69, 9.17) is 37.1 Å². The molecule has 0 N–H and O–H groups in total. The van der Waals surface area contributed by atoms with Crippen LogP contribution in [0.5, 0.6) is 11.5 Å². The molecule has 0 fully saturated rings. The van der Waals surface area contributed by atoms with Crippen LogP contribution in [0.1, 0.15) is 11.1 Å². The highest BCUT2D eigenvalue weighted by atomic mass is 35.5. The van der Waals surface area contributed by atoms with Crippen LogP contribution in [-0.4, -0.2) is 7.11 Å². The first kappa shape index (κ1) is 18.7. The quantitative estimate of drug-likeness (QED) is 0.296. The van der Waals surface area contributed by atoms with E-state index in [0.717, 1.165) is 16.3 Å². The predicted molar refractivity (Wildman–Crippen MR) is 112 cm³/mol. The number of methoxy groups -OCH3 is 1. The highest BCUT2D eigenvalue weighted by Gasteiger charge is 2.14. The van der Waals surface area contributed by atoms with Gasteiger partial charge in [-0.2, -0.15) is 0 Å². The molecule has 0 amide bonds. The summed E-state index contributed by atoms with van der Waals surface area (Å²) in [7, 11) is 1.56. The zero-order chi connectivity index (χ0) is 19.8. The van der Waals surface area contributed by atoms with Crippen LogP contribution in [0.4, 0.5) is 0 Å². The maximum atomic E-state index is 12.5. The summed E-state index contributed by atoms with van der Waals surface area (Å²) in [6.07, 6.45) is 0. The minimum absolute atomic E-state index is 0.208. The largest absolute Gasteiger partial charge is 0.497 e. The van der Waals surface area contributed by atoms with Crippen molar-refractivity contribution in [2.24, 2.45) is 0 Å². The Morgan fingerprint density at radius 1 is 0.964 bits per heavy atom. The SMILES string of the molecule is COc1ccc2c(c1)c(=O)oc1c(C)c(OCc3c(Cl)cccc3Cl)ccc12. The molecule has 142 valence electrons. The van der Waals surface area contributed by atoms with E-state index in [-0.39, 0.29) is 6.61 Å². The lowest BCUT2D eigenvalue weighted by atomic mass is 10.0. The zero-order valence-electron chi connectivity index (χ0n) is 15.2. The van der Waals surface area contributed by atoms with Crippen LogP contribution in [0.25, 0.3) is 21.7 Å². The molecular formula is C22H16Cl2O4. The summed E-state index contributed by atoms with van der Waals surface area (Å²) >= 11 is 12.4. The molecule has 0 bridgehead atoms. The van der Waals surface area contributed by atoms with Gasteiger partial charge in [-0.25, -0.2) is 4.79 Å². The lowest BCUT2D eigenvalue weighted by molar-refractivity contribution is 0.304. The van der Waals surface area contributed by atoms with Crippen LogP contribution >= 0.6 is 23.2 Å². The lowest BCUT2D eigenvalue weighted by Gasteiger charge is -2.13. The van der Waals surface area contributed by atoms with E-state index in [0.29, 0.717) is 38.1 Å². The fraction of sp³-hybridized carbons (Fsp3) is 0.136. The third kappa shape index (κ3) is 3.19. The van der Waals surface area contributed by atoms with Crippen LogP contribution < -0.4 is 15.1 Å². The van der Waals surface area contributed by atoms with Crippen molar-refractivity contribution in [3.63, 3.8) is 0 Å². The van der Waals surface area contributed by atoms with Crippen molar-refractivity contribution in [3.05, 3.63) is 80.1 Å². The number of hydrogen-bond donors (Lipinski definition) is 0. The number of halogens is 2. The Morgan fingerprint density at radius 3 is 2.39 bits per heavy atom. The number of aryl methyl sites for hydroxylation is 1. The number of benzene rings is 3. The van der Waals surface area contributed by atoms with Gasteiger partial charge in [0.05, 0.1) is 12.5 Å². The Morgan fingerprint density at radius 2 is 1.68 bits per heavy atom. The van der Waals surface area contributed by atoms with Crippen molar-refractivity contribution in [1.82, 2.24) is 0 Å². The van der Waals surface area contributed by atoms with Crippen molar-refractivity contribution in [2.45, 2.75) is 13.5 Å². The van der Waals surface area contributed by atoms with Gasteiger partial charge in [0.15, 0.2) is 0 Å². The average Bonchev–Trinajstić information content (AvgIpc) is 2.69. The van der Waals surface area contributed by atoms with Crippen LogP contribution in [0.3, 0.4) is 0 Å². The van der Waals surface area contributed by atoms with E-state index >= 15 is 0 Å². The molecule has 0 saturated carbocycles. The van der Waals surface area contributed by atoms with Crippen molar-refractivity contribution in [3.8, 4) is 11.5 Å². The minimum atomic E-state index is -0.421. The molecule has 0 aliphatic rings. The molecule has 0 radical (unpaired) electrons. The Bertz CT molecular complexity index is 1240. The summed E-state index contributed by atoms with van der Waals surface area (Å²) in [4.78, 5) is 12.5. The predicted octanol–water partition coefficient (Wildman–Crippen LogP) is 6.15. The van der Waals surface area contributed by atoms with Gasteiger partial charge in [-0.05, 0) is 49.4 Å².